The lowest BCUT2D eigenvalue weighted by Crippen LogP contribution is -2.61. The topological polar surface area (TPSA) is 294 Å². The molecule has 5 aliphatic rings. The van der Waals surface area contributed by atoms with Gasteiger partial charge in [0, 0.05) is 97.3 Å². The van der Waals surface area contributed by atoms with Crippen LogP contribution in [0.3, 0.4) is 0 Å². The quantitative estimate of drug-likeness (QED) is 0.0531. The predicted octanol–water partition coefficient (Wildman–Crippen LogP) is 4.64. The molecule has 0 radical (unpaired) electrons. The van der Waals surface area contributed by atoms with E-state index in [1.807, 2.05) is 56.1 Å². The van der Waals surface area contributed by atoms with Crippen molar-refractivity contribution < 1.29 is 82.0 Å². The number of nitrogens with one attached hydrogen (secondary N) is 2. The van der Waals surface area contributed by atoms with E-state index in [0.29, 0.717) is 116 Å². The number of piperidine rings is 2. The molecule has 0 aromatic rings. The van der Waals surface area contributed by atoms with Crippen LogP contribution in [0.4, 0.5) is 4.79 Å². The second kappa shape index (κ2) is 35.5. The average Bonchev–Trinajstić information content (AvgIpc) is 2.15. The number of hydrogen-bond acceptors (Lipinski definition) is 19. The van der Waals surface area contributed by atoms with E-state index in [2.05, 4.69) is 10.6 Å². The average molecular weight is 1200 g/mol. The highest BCUT2D eigenvalue weighted by Gasteiger charge is 2.53. The number of hydrogen-bond donors (Lipinski definition) is 6. The van der Waals surface area contributed by atoms with Gasteiger partial charge in [-0.05, 0) is 114 Å². The molecule has 482 valence electrons. The van der Waals surface area contributed by atoms with Crippen LogP contribution in [0.1, 0.15) is 131 Å². The van der Waals surface area contributed by atoms with Gasteiger partial charge < -0.3 is 74.5 Å². The summed E-state index contributed by atoms with van der Waals surface area (Å²) in [5.41, 5.74) is 8.34. The molecule has 3 amide bonds. The minimum atomic E-state index is -2.47. The van der Waals surface area contributed by atoms with E-state index < -0.39 is 114 Å². The van der Waals surface area contributed by atoms with Gasteiger partial charge in [0.2, 0.25) is 11.7 Å². The number of likely N-dealkylation sites (tertiary alicyclic amines) is 1. The van der Waals surface area contributed by atoms with Crippen LogP contribution in [0.2, 0.25) is 0 Å². The van der Waals surface area contributed by atoms with Gasteiger partial charge in [-0.25, -0.2) is 9.59 Å². The lowest BCUT2D eigenvalue weighted by Gasteiger charge is -2.43. The summed E-state index contributed by atoms with van der Waals surface area (Å²) >= 11 is 0. The van der Waals surface area contributed by atoms with Gasteiger partial charge in [-0.3, -0.25) is 24.1 Å². The standard InChI is InChI=1S/C63H103N5O17/c1-39-16-12-11-13-17-40(2)51(79-8)36-47-21-19-44(6)63(77,85-47)59(73)60(74)68-26-15-14-18-49(68)61(75)83-53(37-52(80-9)41(3)33-43(5)57(71)58(72)56(70)42(4)32-39)48(64)34-45-20-22-50(54(35-45)81-10)84-62(76)66-46-23-27-67(28-24-46)38-55(69)65-25-29-82-31-30-78-7/h11-13,16-17,33,39,41-42,44-54,57-58,71-72,77H,14-15,18-32,34-38,64H2,1-10H3,(H,65,69)(H,66,76)/b13-11+,16-12+,40-17+,43-33+/t39-,41-,42-,44-,45+,47+,48-,49+,50-,51+,52-,53+,54-,57-,58+,63-/m1/s1. The lowest BCUT2D eigenvalue weighted by molar-refractivity contribution is -0.265. The lowest BCUT2D eigenvalue weighted by atomic mass is 9.80. The monoisotopic (exact) mass is 1200 g/mol. The Hall–Kier alpha value is -4.46. The number of Topliss-reactive ketones (excluding diaryl/α,β-unsaturated/α-hetero) is 2. The molecule has 4 heterocycles. The zero-order valence-corrected chi connectivity index (χ0v) is 52.3. The number of allylic oxidation sites excluding steroid dienone is 5. The number of amides is 3. The fourth-order valence-corrected chi connectivity index (χ4v) is 12.6. The molecule has 0 unspecified atom stereocenters. The van der Waals surface area contributed by atoms with Crippen LogP contribution < -0.4 is 16.4 Å². The second-order valence-corrected chi connectivity index (χ2v) is 24.5. The van der Waals surface area contributed by atoms with E-state index in [0.717, 1.165) is 5.57 Å². The number of fused-ring (bicyclic) bond motifs is 3. The fourth-order valence-electron chi connectivity index (χ4n) is 12.6. The van der Waals surface area contributed by atoms with E-state index >= 15 is 0 Å². The number of nitrogens with two attached hydrogens (primary N) is 1. The first-order valence-electron chi connectivity index (χ1n) is 31.0. The molecule has 0 aromatic carbocycles. The van der Waals surface area contributed by atoms with Crippen molar-refractivity contribution in [1.82, 2.24) is 20.4 Å². The van der Waals surface area contributed by atoms with Crippen LogP contribution in [0.5, 0.6) is 0 Å². The summed E-state index contributed by atoms with van der Waals surface area (Å²) in [4.78, 5) is 86.3. The van der Waals surface area contributed by atoms with E-state index in [4.69, 9.17) is 43.6 Å². The molecule has 1 aliphatic carbocycles. The zero-order chi connectivity index (χ0) is 62.4. The van der Waals surface area contributed by atoms with Crippen LogP contribution in [0.15, 0.2) is 47.6 Å². The van der Waals surface area contributed by atoms with Gasteiger partial charge in [0.1, 0.15) is 30.5 Å². The van der Waals surface area contributed by atoms with Crippen molar-refractivity contribution in [2.75, 3.05) is 81.0 Å². The Bertz CT molecular complexity index is 2270. The molecule has 3 saturated heterocycles. The Morgan fingerprint density at radius 3 is 2.21 bits per heavy atom. The maximum Gasteiger partial charge on any atom is 0.407 e. The summed E-state index contributed by atoms with van der Waals surface area (Å²) in [5.74, 6) is -7.95. The third-order valence-electron chi connectivity index (χ3n) is 18.0. The number of carbonyl (C=O) groups excluding carboxylic acids is 6. The molecule has 1 saturated carbocycles. The SMILES string of the molecule is COCCOCCNC(=O)CN1CCC(NC(=O)O[C@@H]2CC[C@@H](C[C@@H](N)[C@@H]3C[C@@H](OC)[C@H](C)/C=C(\C)[C@@H](O)[C@@H](O)C(=O)[C@H](C)C[C@H](C)/C=C/C=C/C=C(\C)[C@@H](OC)C[C@@H]4CC[C@@H](C)[C@@](O)(O4)C(=O)C(=O)N4CCCC[C@H]4C(=O)O3)C[C@H]2OC)CC1. The molecule has 0 aromatic heterocycles. The molecular formula is C63H103N5O17. The molecule has 0 spiro atoms. The summed E-state index contributed by atoms with van der Waals surface area (Å²) in [6.07, 6.45) is 9.62. The molecular weight excluding hydrogens is 1100 g/mol. The smallest absolute Gasteiger partial charge is 0.407 e. The Kier molecular flexibility index (Phi) is 29.8. The maximum absolute atomic E-state index is 14.7. The fraction of sp³-hybridized carbons (Fsp3) is 0.778. The van der Waals surface area contributed by atoms with Crippen molar-refractivity contribution in [2.45, 2.75) is 204 Å². The first-order chi connectivity index (χ1) is 40.5. The van der Waals surface area contributed by atoms with Crippen molar-refractivity contribution in [3.8, 4) is 0 Å². The number of esters is 1. The van der Waals surface area contributed by atoms with E-state index in [1.54, 1.807) is 48.2 Å². The second-order valence-electron chi connectivity index (χ2n) is 24.5. The molecule has 22 heteroatoms. The van der Waals surface area contributed by atoms with Crippen LogP contribution in [0, 0.1) is 29.6 Å². The van der Waals surface area contributed by atoms with Gasteiger partial charge in [-0.1, -0.05) is 64.2 Å². The van der Waals surface area contributed by atoms with E-state index in [1.165, 1.54) is 12.0 Å². The van der Waals surface area contributed by atoms with Crippen LogP contribution in [-0.2, 0) is 61.9 Å². The summed E-state index contributed by atoms with van der Waals surface area (Å²) < 4.78 is 46.8. The summed E-state index contributed by atoms with van der Waals surface area (Å²) in [7, 11) is 6.23. The number of nitrogens with zero attached hydrogens (tertiary/aromatic N) is 2. The molecule has 16 atom stereocenters. The van der Waals surface area contributed by atoms with Crippen LogP contribution in [0.25, 0.3) is 0 Å². The Balaban J connectivity index is 1.32. The van der Waals surface area contributed by atoms with Crippen LogP contribution >= 0.6 is 0 Å². The maximum atomic E-state index is 14.7. The zero-order valence-electron chi connectivity index (χ0n) is 52.3. The third kappa shape index (κ3) is 21.4. The molecule has 5 rings (SSSR count). The summed E-state index contributed by atoms with van der Waals surface area (Å²) in [5, 5.41) is 40.6. The number of methoxy groups -OCH3 is 4. The highest BCUT2D eigenvalue weighted by atomic mass is 16.6. The summed E-state index contributed by atoms with van der Waals surface area (Å²) in [6.45, 7) is 14.0. The number of alkyl carbamates (subject to hydrolysis) is 1. The third-order valence-corrected chi connectivity index (χ3v) is 18.0. The Morgan fingerprint density at radius 2 is 1.52 bits per heavy atom. The highest BCUT2D eigenvalue weighted by molar-refractivity contribution is 6.39. The largest absolute Gasteiger partial charge is 0.459 e. The number of ketones is 2. The number of carbonyl (C=O) groups is 6. The number of aliphatic hydroxyl groups is 3. The number of cyclic esters (lactones) is 1. The minimum absolute atomic E-state index is 0.0456. The van der Waals surface area contributed by atoms with Crippen molar-refractivity contribution in [1.29, 1.82) is 0 Å². The summed E-state index contributed by atoms with van der Waals surface area (Å²) in [6, 6.07) is -2.13. The van der Waals surface area contributed by atoms with Gasteiger partial charge >= 0.3 is 12.1 Å². The Labute approximate surface area is 504 Å². The molecule has 4 aliphatic heterocycles. The van der Waals surface area contributed by atoms with Gasteiger partial charge in [0.25, 0.3) is 11.7 Å². The molecule has 2 bridgehead atoms. The van der Waals surface area contributed by atoms with Crippen molar-refractivity contribution >= 4 is 35.4 Å². The molecule has 4 fully saturated rings. The van der Waals surface area contributed by atoms with E-state index in [-0.39, 0.29) is 56.1 Å². The van der Waals surface area contributed by atoms with Gasteiger partial charge in [0.15, 0.2) is 5.78 Å². The van der Waals surface area contributed by atoms with Gasteiger partial charge in [-0.15, -0.1) is 0 Å². The minimum Gasteiger partial charge on any atom is -0.459 e. The van der Waals surface area contributed by atoms with Gasteiger partial charge in [0.05, 0.1) is 50.8 Å². The molecule has 85 heavy (non-hydrogen) atoms. The molecule has 22 nitrogen and oxygen atoms in total. The van der Waals surface area contributed by atoms with E-state index in [9.17, 15) is 44.1 Å². The number of aliphatic hydroxyl groups excluding tert-OH is 2. The highest BCUT2D eigenvalue weighted by Crippen LogP contribution is 2.38. The van der Waals surface area contributed by atoms with Crippen molar-refractivity contribution in [2.24, 2.45) is 35.3 Å². The first-order valence-corrected chi connectivity index (χ1v) is 31.0. The van der Waals surface area contributed by atoms with Gasteiger partial charge in [-0.2, -0.15) is 0 Å². The number of ether oxygens (including phenoxy) is 8. The van der Waals surface area contributed by atoms with Crippen molar-refractivity contribution in [3.05, 3.63) is 47.6 Å². The first kappa shape index (κ1) is 71.3. The Morgan fingerprint density at radius 1 is 0.788 bits per heavy atom. The van der Waals surface area contributed by atoms with Crippen LogP contribution in [-0.4, -0.2) is 214 Å². The predicted molar refractivity (Wildman–Crippen MR) is 318 cm³/mol. The normalized spacial score (nSPS) is 35.9. The molecule has 7 N–H and O–H groups in total. The van der Waals surface area contributed by atoms with Crippen molar-refractivity contribution in [3.63, 3.8) is 0 Å². The number of rotatable bonds is 16.